The number of hydrogen-bond acceptors (Lipinski definition) is 3. The second kappa shape index (κ2) is 3.18. The van der Waals surface area contributed by atoms with Gasteiger partial charge in [-0.25, -0.2) is 4.68 Å². The van der Waals surface area contributed by atoms with Crippen molar-refractivity contribution < 1.29 is 0 Å². The van der Waals surface area contributed by atoms with E-state index in [1.165, 1.54) is 0 Å². The standard InChI is InChI=1S/C8H7BrN4/c9-6-1-2-8(7(10)5-6)13-4-3-11-12-13/h1-5H,10H2. The van der Waals surface area contributed by atoms with Gasteiger partial charge in [0.05, 0.1) is 23.8 Å². The number of halogens is 1. The molecule has 1 aromatic heterocycles. The van der Waals surface area contributed by atoms with Crippen molar-refractivity contribution in [3.8, 4) is 5.69 Å². The van der Waals surface area contributed by atoms with E-state index in [2.05, 4.69) is 26.2 Å². The monoisotopic (exact) mass is 238 g/mol. The Kier molecular flexibility index (Phi) is 2.02. The minimum absolute atomic E-state index is 0.667. The zero-order chi connectivity index (χ0) is 9.26. The number of nitrogen functional groups attached to an aromatic ring is 1. The van der Waals surface area contributed by atoms with Crippen LogP contribution in [0.4, 0.5) is 5.69 Å². The summed E-state index contributed by atoms with van der Waals surface area (Å²) in [4.78, 5) is 0. The highest BCUT2D eigenvalue weighted by molar-refractivity contribution is 9.10. The number of benzene rings is 1. The average Bonchev–Trinajstić information content (AvgIpc) is 2.56. The molecule has 0 aliphatic carbocycles. The molecule has 0 aliphatic rings. The molecule has 13 heavy (non-hydrogen) atoms. The summed E-state index contributed by atoms with van der Waals surface area (Å²) in [5.74, 6) is 0. The minimum atomic E-state index is 0.667. The molecular formula is C8H7BrN4. The van der Waals surface area contributed by atoms with Gasteiger partial charge in [0.15, 0.2) is 0 Å². The summed E-state index contributed by atoms with van der Waals surface area (Å²) in [5, 5.41) is 7.56. The van der Waals surface area contributed by atoms with Crippen LogP contribution in [-0.2, 0) is 0 Å². The highest BCUT2D eigenvalue weighted by Crippen LogP contribution is 2.20. The molecular weight excluding hydrogens is 232 g/mol. The molecule has 2 N–H and O–H groups in total. The Morgan fingerprint density at radius 1 is 1.38 bits per heavy atom. The lowest BCUT2D eigenvalue weighted by molar-refractivity contribution is 0.805. The van der Waals surface area contributed by atoms with Crippen LogP contribution in [-0.4, -0.2) is 15.0 Å². The summed E-state index contributed by atoms with van der Waals surface area (Å²) in [6.45, 7) is 0. The molecule has 0 saturated carbocycles. The van der Waals surface area contributed by atoms with Crippen LogP contribution in [0.3, 0.4) is 0 Å². The maximum atomic E-state index is 5.79. The fourth-order valence-electron chi connectivity index (χ4n) is 1.07. The van der Waals surface area contributed by atoms with Gasteiger partial charge >= 0.3 is 0 Å². The van der Waals surface area contributed by atoms with Gasteiger partial charge in [0.1, 0.15) is 0 Å². The summed E-state index contributed by atoms with van der Waals surface area (Å²) >= 11 is 3.33. The van der Waals surface area contributed by atoms with Crippen molar-refractivity contribution in [3.63, 3.8) is 0 Å². The molecule has 2 rings (SSSR count). The van der Waals surface area contributed by atoms with E-state index in [0.717, 1.165) is 10.2 Å². The van der Waals surface area contributed by atoms with Crippen molar-refractivity contribution in [3.05, 3.63) is 35.1 Å². The molecule has 0 fully saturated rings. The van der Waals surface area contributed by atoms with Gasteiger partial charge in [-0.15, -0.1) is 5.10 Å². The van der Waals surface area contributed by atoms with Crippen molar-refractivity contribution in [2.75, 3.05) is 5.73 Å². The third-order valence-corrected chi connectivity index (χ3v) is 2.15. The molecule has 0 bridgehead atoms. The van der Waals surface area contributed by atoms with Crippen molar-refractivity contribution in [1.82, 2.24) is 15.0 Å². The molecule has 0 radical (unpaired) electrons. The Labute approximate surface area is 83.5 Å². The summed E-state index contributed by atoms with van der Waals surface area (Å²) in [5.41, 5.74) is 7.29. The quantitative estimate of drug-likeness (QED) is 0.769. The Hall–Kier alpha value is -1.36. The van der Waals surface area contributed by atoms with E-state index in [9.17, 15) is 0 Å². The molecule has 5 heteroatoms. The van der Waals surface area contributed by atoms with Crippen molar-refractivity contribution in [2.24, 2.45) is 0 Å². The van der Waals surface area contributed by atoms with E-state index < -0.39 is 0 Å². The highest BCUT2D eigenvalue weighted by atomic mass is 79.9. The smallest absolute Gasteiger partial charge is 0.0893 e. The molecule has 0 saturated heterocycles. The Morgan fingerprint density at radius 2 is 2.23 bits per heavy atom. The molecule has 0 spiro atoms. The van der Waals surface area contributed by atoms with E-state index in [1.807, 2.05) is 18.2 Å². The predicted molar refractivity (Wildman–Crippen MR) is 53.5 cm³/mol. The molecule has 1 heterocycles. The van der Waals surface area contributed by atoms with Gasteiger partial charge < -0.3 is 5.73 Å². The fourth-order valence-corrected chi connectivity index (χ4v) is 1.45. The van der Waals surface area contributed by atoms with Gasteiger partial charge in [0.25, 0.3) is 0 Å². The van der Waals surface area contributed by atoms with E-state index in [0.29, 0.717) is 5.69 Å². The van der Waals surface area contributed by atoms with Crippen molar-refractivity contribution in [1.29, 1.82) is 0 Å². The predicted octanol–water partition coefficient (Wildman–Crippen LogP) is 1.61. The Bertz CT molecular complexity index is 410. The fraction of sp³-hybridized carbons (Fsp3) is 0. The number of anilines is 1. The van der Waals surface area contributed by atoms with Crippen LogP contribution in [0.5, 0.6) is 0 Å². The molecule has 1 aromatic carbocycles. The van der Waals surface area contributed by atoms with Crippen LogP contribution >= 0.6 is 15.9 Å². The molecule has 0 amide bonds. The van der Waals surface area contributed by atoms with Crippen LogP contribution in [0.2, 0.25) is 0 Å². The second-order valence-electron chi connectivity index (χ2n) is 2.55. The van der Waals surface area contributed by atoms with Gasteiger partial charge in [-0.2, -0.15) is 0 Å². The van der Waals surface area contributed by atoms with Gasteiger partial charge in [0.2, 0.25) is 0 Å². The summed E-state index contributed by atoms with van der Waals surface area (Å²) < 4.78 is 2.58. The van der Waals surface area contributed by atoms with Crippen LogP contribution in [0, 0.1) is 0 Å². The van der Waals surface area contributed by atoms with Gasteiger partial charge in [0, 0.05) is 4.47 Å². The van der Waals surface area contributed by atoms with Gasteiger partial charge in [-0.3, -0.25) is 0 Å². The van der Waals surface area contributed by atoms with E-state index in [-0.39, 0.29) is 0 Å². The topological polar surface area (TPSA) is 56.7 Å². The molecule has 0 unspecified atom stereocenters. The third-order valence-electron chi connectivity index (χ3n) is 1.66. The first-order valence-corrected chi connectivity index (χ1v) is 4.48. The summed E-state index contributed by atoms with van der Waals surface area (Å²) in [6.07, 6.45) is 3.36. The summed E-state index contributed by atoms with van der Waals surface area (Å²) in [6, 6.07) is 5.62. The maximum absolute atomic E-state index is 5.79. The van der Waals surface area contributed by atoms with Crippen LogP contribution < -0.4 is 5.73 Å². The number of aromatic nitrogens is 3. The zero-order valence-electron chi connectivity index (χ0n) is 6.68. The Morgan fingerprint density at radius 3 is 2.85 bits per heavy atom. The first-order chi connectivity index (χ1) is 6.27. The van der Waals surface area contributed by atoms with Crippen LogP contribution in [0.25, 0.3) is 5.69 Å². The van der Waals surface area contributed by atoms with Crippen molar-refractivity contribution >= 4 is 21.6 Å². The largest absolute Gasteiger partial charge is 0.397 e. The number of hydrogen-bond donors (Lipinski definition) is 1. The van der Waals surface area contributed by atoms with Crippen LogP contribution in [0.1, 0.15) is 0 Å². The Balaban J connectivity index is 2.53. The average molecular weight is 239 g/mol. The number of nitrogens with two attached hydrogens (primary N) is 1. The van der Waals surface area contributed by atoms with Gasteiger partial charge in [-0.05, 0) is 18.2 Å². The van der Waals surface area contributed by atoms with E-state index in [1.54, 1.807) is 17.1 Å². The maximum Gasteiger partial charge on any atom is 0.0893 e. The molecule has 0 aliphatic heterocycles. The first kappa shape index (κ1) is 8.25. The molecule has 0 atom stereocenters. The lowest BCUT2D eigenvalue weighted by atomic mass is 10.3. The van der Waals surface area contributed by atoms with E-state index >= 15 is 0 Å². The number of rotatable bonds is 1. The molecule has 66 valence electrons. The second-order valence-corrected chi connectivity index (χ2v) is 3.47. The first-order valence-electron chi connectivity index (χ1n) is 3.69. The highest BCUT2D eigenvalue weighted by Gasteiger charge is 2.01. The minimum Gasteiger partial charge on any atom is -0.397 e. The normalized spacial score (nSPS) is 10.2. The number of nitrogens with zero attached hydrogens (tertiary/aromatic N) is 3. The zero-order valence-corrected chi connectivity index (χ0v) is 8.27. The van der Waals surface area contributed by atoms with Crippen molar-refractivity contribution in [2.45, 2.75) is 0 Å². The lowest BCUT2D eigenvalue weighted by Crippen LogP contribution is -2.00. The third kappa shape index (κ3) is 1.55. The summed E-state index contributed by atoms with van der Waals surface area (Å²) in [7, 11) is 0. The van der Waals surface area contributed by atoms with Gasteiger partial charge in [-0.1, -0.05) is 21.1 Å². The lowest BCUT2D eigenvalue weighted by Gasteiger charge is -2.04. The van der Waals surface area contributed by atoms with E-state index in [4.69, 9.17) is 5.73 Å². The SMILES string of the molecule is Nc1cc(Br)ccc1-n1ccnn1. The van der Waals surface area contributed by atoms with Crippen LogP contribution in [0.15, 0.2) is 35.1 Å². The molecule has 2 aromatic rings. The molecule has 4 nitrogen and oxygen atoms in total.